The number of nitrogens with two attached hydrogens (primary N) is 1. The second kappa shape index (κ2) is 5.01. The third kappa shape index (κ3) is 2.76. The molecule has 0 fully saturated rings. The Morgan fingerprint density at radius 2 is 2.11 bits per heavy atom. The molecule has 2 rings (SSSR count). The van der Waals surface area contributed by atoms with Gasteiger partial charge in [-0.1, -0.05) is 0 Å². The summed E-state index contributed by atoms with van der Waals surface area (Å²) in [6.07, 6.45) is 5.37. The van der Waals surface area contributed by atoms with Gasteiger partial charge in [0.1, 0.15) is 5.82 Å². The van der Waals surface area contributed by atoms with Crippen LogP contribution in [0.1, 0.15) is 13.8 Å². The lowest BCUT2D eigenvalue weighted by Gasteiger charge is -2.33. The lowest BCUT2D eigenvalue weighted by molar-refractivity contribution is 0.170. The van der Waals surface area contributed by atoms with E-state index in [1.54, 1.807) is 6.20 Å². The maximum absolute atomic E-state index is 5.94. The Balaban J connectivity index is 2.36. The van der Waals surface area contributed by atoms with Crippen molar-refractivity contribution in [2.45, 2.75) is 25.9 Å². The van der Waals surface area contributed by atoms with Crippen LogP contribution in [0.3, 0.4) is 0 Å². The van der Waals surface area contributed by atoms with Gasteiger partial charge in [-0.3, -0.25) is 0 Å². The molecule has 5 nitrogen and oxygen atoms in total. The number of likely N-dealkylation sites (N-methyl/N-ethyl adjacent to an activating group) is 1. The molecule has 2 aromatic rings. The maximum Gasteiger partial charge on any atom is 0.132 e. The first-order chi connectivity index (χ1) is 8.92. The number of nitrogen functional groups attached to an aromatic ring is 1. The van der Waals surface area contributed by atoms with Gasteiger partial charge in [-0.25, -0.2) is 9.97 Å². The van der Waals surface area contributed by atoms with Gasteiger partial charge in [0.25, 0.3) is 0 Å². The molecule has 0 spiro atoms. The molecule has 19 heavy (non-hydrogen) atoms. The van der Waals surface area contributed by atoms with E-state index < -0.39 is 0 Å². The first-order valence-electron chi connectivity index (χ1n) is 6.30. The Morgan fingerprint density at radius 3 is 2.74 bits per heavy atom. The van der Waals surface area contributed by atoms with Gasteiger partial charge in [0.15, 0.2) is 0 Å². The van der Waals surface area contributed by atoms with Crippen molar-refractivity contribution < 1.29 is 0 Å². The van der Waals surface area contributed by atoms with Crippen LogP contribution in [-0.4, -0.2) is 39.1 Å². The Morgan fingerprint density at radius 1 is 1.37 bits per heavy atom. The highest BCUT2D eigenvalue weighted by molar-refractivity contribution is 5.70. The first-order valence-corrected chi connectivity index (χ1v) is 6.30. The van der Waals surface area contributed by atoms with Crippen LogP contribution >= 0.6 is 0 Å². The monoisotopic (exact) mass is 259 g/mol. The van der Waals surface area contributed by atoms with E-state index in [2.05, 4.69) is 47.4 Å². The summed E-state index contributed by atoms with van der Waals surface area (Å²) >= 11 is 0. The number of aromatic nitrogens is 3. The van der Waals surface area contributed by atoms with Crippen molar-refractivity contribution in [3.8, 4) is 11.3 Å². The summed E-state index contributed by atoms with van der Waals surface area (Å²) < 4.78 is 2.12. The molecular formula is C14H21N5. The fourth-order valence-corrected chi connectivity index (χ4v) is 1.86. The second-order valence-electron chi connectivity index (χ2n) is 5.55. The van der Waals surface area contributed by atoms with Gasteiger partial charge in [0.05, 0.1) is 18.2 Å². The van der Waals surface area contributed by atoms with Crippen LogP contribution in [0.4, 0.5) is 5.82 Å². The Hall–Kier alpha value is -1.88. The molecule has 2 heterocycles. The molecule has 0 radical (unpaired) electrons. The van der Waals surface area contributed by atoms with Gasteiger partial charge in [-0.2, -0.15) is 0 Å². The normalized spacial score (nSPS) is 12.1. The van der Waals surface area contributed by atoms with Crippen molar-refractivity contribution in [2.24, 2.45) is 0 Å². The number of nitrogens with zero attached hydrogens (tertiary/aromatic N) is 4. The molecule has 0 saturated heterocycles. The third-order valence-corrected chi connectivity index (χ3v) is 3.59. The molecule has 2 aromatic heterocycles. The molecule has 0 saturated carbocycles. The number of hydrogen-bond donors (Lipinski definition) is 1. The molecule has 0 aliphatic rings. The Kier molecular flexibility index (Phi) is 3.57. The van der Waals surface area contributed by atoms with E-state index in [0.717, 1.165) is 17.8 Å². The molecule has 5 heteroatoms. The lowest BCUT2D eigenvalue weighted by atomic mass is 10.0. The summed E-state index contributed by atoms with van der Waals surface area (Å²) in [6, 6.07) is 3.86. The quantitative estimate of drug-likeness (QED) is 0.910. The number of imidazole rings is 1. The minimum atomic E-state index is 0.0341. The molecule has 2 N–H and O–H groups in total. The van der Waals surface area contributed by atoms with Crippen LogP contribution in [0.25, 0.3) is 11.3 Å². The highest BCUT2D eigenvalue weighted by Gasteiger charge is 2.22. The highest BCUT2D eigenvalue weighted by Crippen LogP contribution is 2.25. The second-order valence-corrected chi connectivity index (χ2v) is 5.55. The topological polar surface area (TPSA) is 60.0 Å². The SMILES string of the molecule is CN(C)C(C)(C)Cn1cncc1-c1cccnc1N. The van der Waals surface area contributed by atoms with Crippen LogP contribution in [0.15, 0.2) is 30.9 Å². The minimum absolute atomic E-state index is 0.0341. The van der Waals surface area contributed by atoms with E-state index in [1.807, 2.05) is 24.7 Å². The van der Waals surface area contributed by atoms with E-state index in [1.165, 1.54) is 0 Å². The molecule has 0 atom stereocenters. The van der Waals surface area contributed by atoms with Crippen LogP contribution in [-0.2, 0) is 6.54 Å². The van der Waals surface area contributed by atoms with Gasteiger partial charge in [0, 0.05) is 23.8 Å². The molecular weight excluding hydrogens is 238 g/mol. The number of rotatable bonds is 4. The van der Waals surface area contributed by atoms with Crippen molar-refractivity contribution in [1.29, 1.82) is 0 Å². The summed E-state index contributed by atoms with van der Waals surface area (Å²) in [6.45, 7) is 5.23. The Labute approximate surface area is 114 Å². The van der Waals surface area contributed by atoms with E-state index >= 15 is 0 Å². The van der Waals surface area contributed by atoms with Gasteiger partial charge in [-0.05, 0) is 40.1 Å². The lowest BCUT2D eigenvalue weighted by Crippen LogP contribution is -2.42. The van der Waals surface area contributed by atoms with Crippen LogP contribution in [0, 0.1) is 0 Å². The summed E-state index contributed by atoms with van der Waals surface area (Å²) in [5.74, 6) is 0.534. The molecule has 0 unspecified atom stereocenters. The zero-order chi connectivity index (χ0) is 14.0. The van der Waals surface area contributed by atoms with E-state index in [-0.39, 0.29) is 5.54 Å². The predicted octanol–water partition coefficient (Wildman–Crippen LogP) is 1.87. The van der Waals surface area contributed by atoms with Crippen LogP contribution in [0.5, 0.6) is 0 Å². The molecule has 0 bridgehead atoms. The van der Waals surface area contributed by atoms with Gasteiger partial charge < -0.3 is 15.2 Å². The van der Waals surface area contributed by atoms with Gasteiger partial charge in [-0.15, -0.1) is 0 Å². The molecule has 0 aliphatic carbocycles. The zero-order valence-electron chi connectivity index (χ0n) is 12.0. The standard InChI is InChI=1S/C14H21N5/c1-14(2,18(3)4)9-19-10-16-8-12(19)11-6-5-7-17-13(11)15/h5-8,10H,9H2,1-4H3,(H2,15,17). The third-order valence-electron chi connectivity index (χ3n) is 3.59. The molecule has 0 aromatic carbocycles. The average Bonchev–Trinajstić information content (AvgIpc) is 2.77. The van der Waals surface area contributed by atoms with Crippen molar-refractivity contribution in [3.05, 3.63) is 30.9 Å². The highest BCUT2D eigenvalue weighted by atomic mass is 15.2. The summed E-state index contributed by atoms with van der Waals surface area (Å²) in [4.78, 5) is 10.6. The van der Waals surface area contributed by atoms with E-state index in [4.69, 9.17) is 5.73 Å². The molecule has 0 aliphatic heterocycles. The van der Waals surface area contributed by atoms with Crippen molar-refractivity contribution in [3.63, 3.8) is 0 Å². The van der Waals surface area contributed by atoms with E-state index in [9.17, 15) is 0 Å². The van der Waals surface area contributed by atoms with Gasteiger partial charge >= 0.3 is 0 Å². The van der Waals surface area contributed by atoms with Crippen molar-refractivity contribution >= 4 is 5.82 Å². The van der Waals surface area contributed by atoms with Crippen LogP contribution in [0.2, 0.25) is 0 Å². The predicted molar refractivity (Wildman–Crippen MR) is 77.6 cm³/mol. The summed E-state index contributed by atoms with van der Waals surface area (Å²) in [5.41, 5.74) is 7.90. The van der Waals surface area contributed by atoms with Crippen molar-refractivity contribution in [2.75, 3.05) is 19.8 Å². The average molecular weight is 259 g/mol. The summed E-state index contributed by atoms with van der Waals surface area (Å²) in [5, 5.41) is 0. The smallest absolute Gasteiger partial charge is 0.132 e. The fraction of sp³-hybridized carbons (Fsp3) is 0.429. The maximum atomic E-state index is 5.94. The number of anilines is 1. The van der Waals surface area contributed by atoms with Gasteiger partial charge in [0.2, 0.25) is 0 Å². The largest absolute Gasteiger partial charge is 0.383 e. The minimum Gasteiger partial charge on any atom is -0.383 e. The zero-order valence-corrected chi connectivity index (χ0v) is 12.0. The number of pyridine rings is 1. The fourth-order valence-electron chi connectivity index (χ4n) is 1.86. The van der Waals surface area contributed by atoms with Crippen molar-refractivity contribution in [1.82, 2.24) is 19.4 Å². The van der Waals surface area contributed by atoms with Crippen LogP contribution < -0.4 is 5.73 Å². The number of hydrogen-bond acceptors (Lipinski definition) is 4. The first kappa shape index (κ1) is 13.5. The molecule has 102 valence electrons. The Bertz CT molecular complexity index is 556. The summed E-state index contributed by atoms with van der Waals surface area (Å²) in [7, 11) is 4.16. The van der Waals surface area contributed by atoms with E-state index in [0.29, 0.717) is 5.82 Å². The molecule has 0 amide bonds.